The van der Waals surface area contributed by atoms with Crippen molar-refractivity contribution in [2.24, 2.45) is 11.7 Å². The summed E-state index contributed by atoms with van der Waals surface area (Å²) in [7, 11) is 0.953. The van der Waals surface area contributed by atoms with E-state index >= 15 is 0 Å². The first-order valence-corrected chi connectivity index (χ1v) is 10.2. The number of methoxy groups -OCH3 is 1. The summed E-state index contributed by atoms with van der Waals surface area (Å²) >= 11 is 0. The Morgan fingerprint density at radius 3 is 2.37 bits per heavy atom. The van der Waals surface area contributed by atoms with Gasteiger partial charge in [0.25, 0.3) is 11.8 Å². The number of alkyl halides is 6. The van der Waals surface area contributed by atoms with Crippen LogP contribution < -0.4 is 15.8 Å². The first-order valence-electron chi connectivity index (χ1n) is 10.2. The summed E-state index contributed by atoms with van der Waals surface area (Å²) < 4.78 is 93.0. The molecule has 2 amide bonds. The number of rotatable bonds is 5. The van der Waals surface area contributed by atoms with Gasteiger partial charge in [-0.15, -0.1) is 0 Å². The van der Waals surface area contributed by atoms with Crippen LogP contribution in [0.25, 0.3) is 0 Å². The molecule has 13 heteroatoms. The van der Waals surface area contributed by atoms with Crippen molar-refractivity contribution in [3.05, 3.63) is 53.3 Å². The molecule has 0 saturated carbocycles. The molecule has 3 N–H and O–H groups in total. The number of carbonyl (C=O) groups excluding carboxylic acids is 2. The van der Waals surface area contributed by atoms with Gasteiger partial charge in [0.05, 0.1) is 12.7 Å². The molecule has 3 rings (SSSR count). The fourth-order valence-electron chi connectivity index (χ4n) is 4.15. The van der Waals surface area contributed by atoms with Crippen molar-refractivity contribution >= 4 is 17.5 Å². The SMILES string of the molecule is COc1c([C@H]2[C@H](C(=O)Nc3ccnc(C(N)=O)c3)O[C@](C)(C(F)(F)F)[C@H]2C)cccc1C(F)(F)F. The Bertz CT molecular complexity index is 1140. The third-order valence-electron chi connectivity index (χ3n) is 6.12. The minimum atomic E-state index is -4.95. The Morgan fingerprint density at radius 2 is 1.83 bits per heavy atom. The van der Waals surface area contributed by atoms with Gasteiger partial charge >= 0.3 is 12.4 Å². The highest BCUT2D eigenvalue weighted by Gasteiger charge is 2.66. The number of halogens is 6. The predicted molar refractivity (Wildman–Crippen MR) is 111 cm³/mol. The minimum Gasteiger partial charge on any atom is -0.496 e. The molecular formula is C22H21F6N3O4. The van der Waals surface area contributed by atoms with Crippen LogP contribution in [0.2, 0.25) is 0 Å². The Hall–Kier alpha value is -3.35. The number of para-hydroxylation sites is 1. The highest BCUT2D eigenvalue weighted by atomic mass is 19.4. The van der Waals surface area contributed by atoms with Gasteiger partial charge in [-0.25, -0.2) is 0 Å². The maximum Gasteiger partial charge on any atom is 0.419 e. The van der Waals surface area contributed by atoms with Gasteiger partial charge in [0.1, 0.15) is 17.5 Å². The molecule has 1 aliphatic heterocycles. The van der Waals surface area contributed by atoms with E-state index in [4.69, 9.17) is 15.2 Å². The molecule has 1 aromatic heterocycles. The van der Waals surface area contributed by atoms with E-state index < -0.39 is 59.0 Å². The molecule has 1 saturated heterocycles. The van der Waals surface area contributed by atoms with Gasteiger partial charge < -0.3 is 20.5 Å². The normalized spacial score (nSPS) is 24.8. The number of primary amides is 1. The number of hydrogen-bond donors (Lipinski definition) is 2. The van der Waals surface area contributed by atoms with Crippen molar-refractivity contribution in [2.75, 3.05) is 12.4 Å². The van der Waals surface area contributed by atoms with Crippen molar-refractivity contribution in [1.82, 2.24) is 4.98 Å². The molecule has 190 valence electrons. The Balaban J connectivity index is 2.11. The van der Waals surface area contributed by atoms with Crippen LogP contribution in [-0.2, 0) is 15.7 Å². The van der Waals surface area contributed by atoms with Crippen LogP contribution in [0.15, 0.2) is 36.5 Å². The molecule has 0 radical (unpaired) electrons. The lowest BCUT2D eigenvalue weighted by atomic mass is 9.76. The maximum atomic E-state index is 14.0. The Labute approximate surface area is 195 Å². The van der Waals surface area contributed by atoms with E-state index in [1.165, 1.54) is 12.1 Å². The van der Waals surface area contributed by atoms with Gasteiger partial charge in [0, 0.05) is 29.3 Å². The van der Waals surface area contributed by atoms with Crippen molar-refractivity contribution in [2.45, 2.75) is 43.8 Å². The molecule has 0 aliphatic carbocycles. The first-order chi connectivity index (χ1) is 16.1. The fraction of sp³-hybridized carbons (Fsp3) is 0.409. The first kappa shape index (κ1) is 26.3. The minimum absolute atomic E-state index is 0.0228. The summed E-state index contributed by atoms with van der Waals surface area (Å²) in [6.07, 6.45) is -10.5. The van der Waals surface area contributed by atoms with E-state index in [0.717, 1.165) is 45.4 Å². The highest BCUT2D eigenvalue weighted by Crippen LogP contribution is 2.55. The molecule has 0 unspecified atom stereocenters. The average Bonchev–Trinajstić information content (AvgIpc) is 3.04. The quantitative estimate of drug-likeness (QED) is 0.591. The van der Waals surface area contributed by atoms with E-state index in [9.17, 15) is 35.9 Å². The molecule has 4 atom stereocenters. The number of ether oxygens (including phenoxy) is 2. The van der Waals surface area contributed by atoms with Gasteiger partial charge in [-0.1, -0.05) is 19.1 Å². The largest absolute Gasteiger partial charge is 0.496 e. The summed E-state index contributed by atoms with van der Waals surface area (Å²) in [6.45, 7) is 1.87. The van der Waals surface area contributed by atoms with Crippen LogP contribution >= 0.6 is 0 Å². The van der Waals surface area contributed by atoms with Crippen LogP contribution in [0.1, 0.15) is 41.4 Å². The lowest BCUT2D eigenvalue weighted by Gasteiger charge is -2.32. The molecule has 0 bridgehead atoms. The van der Waals surface area contributed by atoms with E-state index in [1.54, 1.807) is 0 Å². The molecular weight excluding hydrogens is 484 g/mol. The number of pyridine rings is 1. The number of aromatic nitrogens is 1. The van der Waals surface area contributed by atoms with Crippen molar-refractivity contribution in [3.8, 4) is 5.75 Å². The summed E-state index contributed by atoms with van der Waals surface area (Å²) in [5.74, 6) is -5.66. The van der Waals surface area contributed by atoms with Crippen molar-refractivity contribution in [1.29, 1.82) is 0 Å². The number of carbonyl (C=O) groups is 2. The zero-order chi connectivity index (χ0) is 26.3. The second kappa shape index (κ2) is 9.02. The van der Waals surface area contributed by atoms with E-state index in [1.807, 2.05) is 0 Å². The van der Waals surface area contributed by atoms with E-state index in [-0.39, 0.29) is 16.9 Å². The van der Waals surface area contributed by atoms with Crippen LogP contribution in [-0.4, -0.2) is 41.8 Å². The second-order valence-electron chi connectivity index (χ2n) is 8.17. The van der Waals surface area contributed by atoms with Crippen LogP contribution in [0, 0.1) is 5.92 Å². The summed E-state index contributed by atoms with van der Waals surface area (Å²) in [4.78, 5) is 28.2. The second-order valence-corrected chi connectivity index (χ2v) is 8.17. The monoisotopic (exact) mass is 505 g/mol. The number of nitrogens with one attached hydrogen (secondary N) is 1. The van der Waals surface area contributed by atoms with Crippen molar-refractivity contribution < 1.29 is 45.4 Å². The van der Waals surface area contributed by atoms with Crippen LogP contribution in [0.5, 0.6) is 5.75 Å². The molecule has 2 aromatic rings. The molecule has 1 aliphatic rings. The number of nitrogens with zero attached hydrogens (tertiary/aromatic N) is 1. The average molecular weight is 505 g/mol. The molecule has 35 heavy (non-hydrogen) atoms. The van der Waals surface area contributed by atoms with E-state index in [0.29, 0.717) is 0 Å². The fourth-order valence-corrected chi connectivity index (χ4v) is 4.15. The number of benzene rings is 1. The topological polar surface area (TPSA) is 104 Å². The number of anilines is 1. The molecule has 2 heterocycles. The molecule has 7 nitrogen and oxygen atoms in total. The molecule has 0 spiro atoms. The number of hydrogen-bond acceptors (Lipinski definition) is 5. The Morgan fingerprint density at radius 1 is 1.17 bits per heavy atom. The van der Waals surface area contributed by atoms with Gasteiger partial charge in [-0.2, -0.15) is 26.3 Å². The highest BCUT2D eigenvalue weighted by molar-refractivity contribution is 5.97. The molecule has 1 aromatic carbocycles. The summed E-state index contributed by atoms with van der Waals surface area (Å²) in [5, 5.41) is 2.33. The third kappa shape index (κ3) is 4.77. The van der Waals surface area contributed by atoms with Crippen LogP contribution in [0.3, 0.4) is 0 Å². The van der Waals surface area contributed by atoms with Gasteiger partial charge in [0.2, 0.25) is 0 Å². The van der Waals surface area contributed by atoms with Crippen molar-refractivity contribution in [3.63, 3.8) is 0 Å². The summed E-state index contributed by atoms with van der Waals surface area (Å²) in [5.41, 5.74) is 0.564. The van der Waals surface area contributed by atoms with Gasteiger partial charge in [-0.3, -0.25) is 14.6 Å². The van der Waals surface area contributed by atoms with Gasteiger partial charge in [-0.05, 0) is 25.1 Å². The molecule has 1 fully saturated rings. The zero-order valence-corrected chi connectivity index (χ0v) is 18.6. The standard InChI is InChI=1S/C22H21F6N3O4/c1-10-15(12-5-4-6-13(16(12)34-3)21(23,24)25)17(35-20(10,2)22(26,27)28)19(33)31-11-7-8-30-14(9-11)18(29)32/h4-10,15,17H,1-3H3,(H2,29,32)(H,30,31,33)/t10-,15-,17+,20-/m0/s1. The summed E-state index contributed by atoms with van der Waals surface area (Å²) in [6, 6.07) is 5.27. The lowest BCUT2D eigenvalue weighted by Crippen LogP contribution is -2.47. The zero-order valence-electron chi connectivity index (χ0n) is 18.6. The lowest BCUT2D eigenvalue weighted by molar-refractivity contribution is -0.272. The maximum absolute atomic E-state index is 14.0. The predicted octanol–water partition coefficient (Wildman–Crippen LogP) is 4.29. The smallest absolute Gasteiger partial charge is 0.419 e. The third-order valence-corrected chi connectivity index (χ3v) is 6.12. The van der Waals surface area contributed by atoms with Gasteiger partial charge in [0.15, 0.2) is 5.60 Å². The van der Waals surface area contributed by atoms with E-state index in [2.05, 4.69) is 10.3 Å². The number of amides is 2. The van der Waals surface area contributed by atoms with Crippen LogP contribution in [0.4, 0.5) is 32.0 Å². The Kier molecular flexibility index (Phi) is 6.77. The number of nitrogens with two attached hydrogens (primary N) is 1.